The van der Waals surface area contributed by atoms with E-state index < -0.39 is 0 Å². The van der Waals surface area contributed by atoms with E-state index in [1.165, 1.54) is 25.7 Å². The molecule has 4 heteroatoms. The topological polar surface area (TPSA) is 45.6 Å². The van der Waals surface area contributed by atoms with Gasteiger partial charge in [-0.1, -0.05) is 43.7 Å². The van der Waals surface area contributed by atoms with Gasteiger partial charge < -0.3 is 15.4 Å². The van der Waals surface area contributed by atoms with Gasteiger partial charge in [-0.15, -0.1) is 0 Å². The second kappa shape index (κ2) is 8.35. The molecule has 0 atom stereocenters. The highest BCUT2D eigenvalue weighted by Crippen LogP contribution is 2.19. The van der Waals surface area contributed by atoms with Crippen LogP contribution in [-0.2, 0) is 6.54 Å². The zero-order chi connectivity index (χ0) is 14.9. The number of nitrogens with zero attached hydrogens (tertiary/aromatic N) is 1. The molecule has 0 aromatic heterocycles. The van der Waals surface area contributed by atoms with Gasteiger partial charge in [-0.2, -0.15) is 0 Å². The number of para-hydroxylation sites is 1. The lowest BCUT2D eigenvalue weighted by atomic mass is 10.2. The number of aliphatic imine (C=N–C) groups is 1. The molecule has 0 heterocycles. The van der Waals surface area contributed by atoms with Crippen LogP contribution in [0.25, 0.3) is 0 Å². The van der Waals surface area contributed by atoms with E-state index in [1.807, 2.05) is 25.2 Å². The second-order valence-corrected chi connectivity index (χ2v) is 5.26. The molecule has 21 heavy (non-hydrogen) atoms. The number of hydrogen-bond donors (Lipinski definition) is 2. The highest BCUT2D eigenvalue weighted by atomic mass is 16.5. The molecule has 0 unspecified atom stereocenters. The fourth-order valence-electron chi connectivity index (χ4n) is 2.58. The van der Waals surface area contributed by atoms with Crippen molar-refractivity contribution in [2.45, 2.75) is 38.3 Å². The molecular weight excluding hydrogens is 262 g/mol. The summed E-state index contributed by atoms with van der Waals surface area (Å²) in [4.78, 5) is 4.30. The molecule has 0 radical (unpaired) electrons. The van der Waals surface area contributed by atoms with Crippen LogP contribution in [0.3, 0.4) is 0 Å². The molecule has 2 N–H and O–H groups in total. The van der Waals surface area contributed by atoms with Crippen molar-refractivity contribution in [1.29, 1.82) is 0 Å². The van der Waals surface area contributed by atoms with E-state index in [4.69, 9.17) is 4.74 Å². The van der Waals surface area contributed by atoms with Crippen LogP contribution >= 0.6 is 0 Å². The number of nitrogens with one attached hydrogen (secondary N) is 2. The van der Waals surface area contributed by atoms with Crippen LogP contribution in [0, 0.1) is 0 Å². The molecule has 1 aromatic rings. The van der Waals surface area contributed by atoms with Crippen LogP contribution in [0.5, 0.6) is 5.75 Å². The Balaban J connectivity index is 1.89. The Labute approximate surface area is 127 Å². The van der Waals surface area contributed by atoms with Crippen molar-refractivity contribution < 1.29 is 4.74 Å². The summed E-state index contributed by atoms with van der Waals surface area (Å²) in [6, 6.07) is 8.60. The van der Waals surface area contributed by atoms with Crippen LogP contribution in [0.2, 0.25) is 0 Å². The Kier molecular flexibility index (Phi) is 6.13. The summed E-state index contributed by atoms with van der Waals surface area (Å²) in [6.45, 7) is 4.89. The van der Waals surface area contributed by atoms with E-state index in [0.717, 1.165) is 17.3 Å². The van der Waals surface area contributed by atoms with Crippen molar-refractivity contribution >= 4 is 5.96 Å². The lowest BCUT2D eigenvalue weighted by molar-refractivity contribution is 0.358. The van der Waals surface area contributed by atoms with E-state index in [2.05, 4.69) is 28.3 Å². The first-order valence-corrected chi connectivity index (χ1v) is 7.62. The third-order valence-corrected chi connectivity index (χ3v) is 3.70. The number of hydrogen-bond acceptors (Lipinski definition) is 2. The highest BCUT2D eigenvalue weighted by molar-refractivity contribution is 5.80. The molecule has 0 amide bonds. The van der Waals surface area contributed by atoms with E-state index in [0.29, 0.717) is 19.2 Å². The summed E-state index contributed by atoms with van der Waals surface area (Å²) >= 11 is 0. The Morgan fingerprint density at radius 1 is 1.38 bits per heavy atom. The third-order valence-electron chi connectivity index (χ3n) is 3.70. The van der Waals surface area contributed by atoms with Gasteiger partial charge in [0.2, 0.25) is 0 Å². The molecular formula is C17H25N3O. The van der Waals surface area contributed by atoms with E-state index in [1.54, 1.807) is 6.08 Å². The largest absolute Gasteiger partial charge is 0.489 e. The van der Waals surface area contributed by atoms with E-state index in [9.17, 15) is 0 Å². The maximum absolute atomic E-state index is 5.67. The summed E-state index contributed by atoms with van der Waals surface area (Å²) in [5.74, 6) is 1.75. The molecule has 114 valence electrons. The monoisotopic (exact) mass is 287 g/mol. The Morgan fingerprint density at radius 3 is 2.86 bits per heavy atom. The van der Waals surface area contributed by atoms with Crippen molar-refractivity contribution in [3.63, 3.8) is 0 Å². The molecule has 2 rings (SSSR count). The summed E-state index contributed by atoms with van der Waals surface area (Å²) in [5.41, 5.74) is 1.12. The SMILES string of the molecule is C=CCOc1ccccc1CNC(=NC)NC1CCCC1. The molecule has 4 nitrogen and oxygen atoms in total. The second-order valence-electron chi connectivity index (χ2n) is 5.26. The quantitative estimate of drug-likeness (QED) is 0.480. The molecule has 0 bridgehead atoms. The summed E-state index contributed by atoms with van der Waals surface area (Å²) < 4.78 is 5.67. The van der Waals surface area contributed by atoms with Crippen molar-refractivity contribution in [3.05, 3.63) is 42.5 Å². The first-order valence-electron chi connectivity index (χ1n) is 7.62. The number of rotatable bonds is 6. The average Bonchev–Trinajstić information content (AvgIpc) is 3.03. The number of benzene rings is 1. The molecule has 1 aromatic carbocycles. The predicted molar refractivity (Wildman–Crippen MR) is 87.7 cm³/mol. The Morgan fingerprint density at radius 2 is 2.14 bits per heavy atom. The van der Waals surface area contributed by atoms with Gasteiger partial charge in [0.1, 0.15) is 12.4 Å². The molecule has 1 aliphatic carbocycles. The van der Waals surface area contributed by atoms with Crippen LogP contribution < -0.4 is 15.4 Å². The maximum Gasteiger partial charge on any atom is 0.191 e. The van der Waals surface area contributed by atoms with Crippen LogP contribution in [-0.4, -0.2) is 25.7 Å². The molecule has 0 saturated heterocycles. The fourth-order valence-corrected chi connectivity index (χ4v) is 2.58. The van der Waals surface area contributed by atoms with Crippen LogP contribution in [0.4, 0.5) is 0 Å². The van der Waals surface area contributed by atoms with Gasteiger partial charge in [0, 0.05) is 25.2 Å². The molecule has 1 saturated carbocycles. The Hall–Kier alpha value is -1.97. The van der Waals surface area contributed by atoms with E-state index in [-0.39, 0.29) is 0 Å². The van der Waals surface area contributed by atoms with Gasteiger partial charge >= 0.3 is 0 Å². The molecule has 1 fully saturated rings. The molecule has 0 aliphatic heterocycles. The minimum absolute atomic E-state index is 0.520. The zero-order valence-corrected chi connectivity index (χ0v) is 12.8. The summed E-state index contributed by atoms with van der Waals surface area (Å²) in [6.07, 6.45) is 6.85. The van der Waals surface area contributed by atoms with Gasteiger partial charge in [-0.25, -0.2) is 0 Å². The van der Waals surface area contributed by atoms with Crippen LogP contribution in [0.1, 0.15) is 31.2 Å². The van der Waals surface area contributed by atoms with Gasteiger partial charge in [0.15, 0.2) is 5.96 Å². The van der Waals surface area contributed by atoms with E-state index >= 15 is 0 Å². The third kappa shape index (κ3) is 4.81. The number of guanidine groups is 1. The average molecular weight is 287 g/mol. The molecule has 0 spiro atoms. The van der Waals surface area contributed by atoms with Gasteiger partial charge in [-0.3, -0.25) is 4.99 Å². The Bertz CT molecular complexity index is 479. The minimum atomic E-state index is 0.520. The minimum Gasteiger partial charge on any atom is -0.489 e. The van der Waals surface area contributed by atoms with Gasteiger partial charge in [-0.05, 0) is 18.9 Å². The molecule has 1 aliphatic rings. The summed E-state index contributed by atoms with van der Waals surface area (Å²) in [5, 5.41) is 6.84. The van der Waals surface area contributed by atoms with Gasteiger partial charge in [0.25, 0.3) is 0 Å². The maximum atomic E-state index is 5.67. The van der Waals surface area contributed by atoms with Crippen molar-refractivity contribution in [2.75, 3.05) is 13.7 Å². The van der Waals surface area contributed by atoms with Crippen molar-refractivity contribution in [3.8, 4) is 5.75 Å². The van der Waals surface area contributed by atoms with Gasteiger partial charge in [0.05, 0.1) is 0 Å². The zero-order valence-electron chi connectivity index (χ0n) is 12.8. The predicted octanol–water partition coefficient (Wildman–Crippen LogP) is 2.86. The highest BCUT2D eigenvalue weighted by Gasteiger charge is 2.15. The summed E-state index contributed by atoms with van der Waals surface area (Å²) in [7, 11) is 1.81. The first kappa shape index (κ1) is 15.4. The van der Waals surface area contributed by atoms with Crippen LogP contribution in [0.15, 0.2) is 41.9 Å². The first-order chi connectivity index (χ1) is 10.3. The normalized spacial score (nSPS) is 15.8. The lowest BCUT2D eigenvalue weighted by Crippen LogP contribution is -2.41. The lowest BCUT2D eigenvalue weighted by Gasteiger charge is -2.17. The fraction of sp³-hybridized carbons (Fsp3) is 0.471. The van der Waals surface area contributed by atoms with Crippen molar-refractivity contribution in [2.24, 2.45) is 4.99 Å². The standard InChI is InChI=1S/C17H25N3O/c1-3-12-21-16-11-7-4-8-14(16)13-19-17(18-2)20-15-9-5-6-10-15/h3-4,7-8,11,15H,1,5-6,9-10,12-13H2,2H3,(H2,18,19,20). The smallest absolute Gasteiger partial charge is 0.191 e. The number of ether oxygens (including phenoxy) is 1. The van der Waals surface area contributed by atoms with Crippen molar-refractivity contribution in [1.82, 2.24) is 10.6 Å².